The van der Waals surface area contributed by atoms with Crippen molar-refractivity contribution >= 4 is 5.97 Å². The maximum Gasteiger partial charge on any atom is 1.00 e. The summed E-state index contributed by atoms with van der Waals surface area (Å²) in [5.74, 6) is -0.428. The molecular weight excluding hydrogens is 127 g/mol. The Kier molecular flexibility index (Phi) is 10.3. The molecule has 0 N–H and O–H groups in total. The Morgan fingerprint density at radius 2 is 2.33 bits per heavy atom. The van der Waals surface area contributed by atoms with E-state index < -0.39 is 5.97 Å². The van der Waals surface area contributed by atoms with Crippen molar-refractivity contribution in [1.82, 2.24) is 0 Å². The number of carbonyl (C=O) groups is 1. The smallest absolute Gasteiger partial charge is 1.00 e. The summed E-state index contributed by atoms with van der Waals surface area (Å²) in [7, 11) is 0. The molecule has 0 aliphatic heterocycles. The summed E-state index contributed by atoms with van der Waals surface area (Å²) in [4.78, 5) is 10.2. The summed E-state index contributed by atoms with van der Waals surface area (Å²) < 4.78 is 4.40. The van der Waals surface area contributed by atoms with Gasteiger partial charge >= 0.3 is 35.5 Å². The van der Waals surface area contributed by atoms with E-state index in [2.05, 4.69) is 11.3 Å². The fourth-order valence-corrected chi connectivity index (χ4v) is 0.183. The molecule has 0 unspecified atom stereocenters. The van der Waals surface area contributed by atoms with Crippen LogP contribution in [0.3, 0.4) is 0 Å². The van der Waals surface area contributed by atoms with Crippen LogP contribution in [0.15, 0.2) is 25.0 Å². The van der Waals surface area contributed by atoms with E-state index in [1.807, 2.05) is 0 Å². The van der Waals surface area contributed by atoms with Crippen molar-refractivity contribution in [2.24, 2.45) is 0 Å². The minimum absolute atomic E-state index is 0. The van der Waals surface area contributed by atoms with Gasteiger partial charge < -0.3 is 6.16 Å². The van der Waals surface area contributed by atoms with Crippen LogP contribution in [0.4, 0.5) is 0 Å². The average Bonchev–Trinajstić information content (AvgIpc) is 1.83. The monoisotopic (exact) mass is 136 g/mol. The Hall–Kier alpha value is -0.0500. The van der Waals surface area contributed by atoms with Crippen LogP contribution in [0, 0.1) is 0 Å². The van der Waals surface area contributed by atoms with Gasteiger partial charge in [-0.3, -0.25) is 0 Å². The van der Waals surface area contributed by atoms with Gasteiger partial charge in [-0.1, -0.05) is 12.7 Å². The number of rotatable bonds is 2. The van der Waals surface area contributed by atoms with Crippen LogP contribution in [-0.2, 0) is 9.53 Å². The van der Waals surface area contributed by atoms with Gasteiger partial charge in [0.2, 0.25) is 0 Å². The first kappa shape index (κ1) is 11.7. The molecule has 0 radical (unpaired) electrons. The van der Waals surface area contributed by atoms with Crippen molar-refractivity contribution in [2.45, 2.75) is 6.92 Å². The van der Waals surface area contributed by atoms with E-state index in [1.54, 1.807) is 13.0 Å². The zero-order valence-electron chi connectivity index (χ0n) is 6.76. The van der Waals surface area contributed by atoms with Gasteiger partial charge in [-0.05, 0) is 6.92 Å². The van der Waals surface area contributed by atoms with Gasteiger partial charge in [-0.25, -0.2) is 4.79 Å². The molecule has 0 heterocycles. The predicted octanol–water partition coefficient (Wildman–Crippen LogP) is -1.63. The van der Waals surface area contributed by atoms with Crippen molar-refractivity contribution < 1.29 is 40.5 Å². The maximum absolute atomic E-state index is 10.2. The molecule has 0 aliphatic rings. The number of allylic oxidation sites excluding steroid dienone is 1. The molecule has 0 fully saturated rings. The van der Waals surface area contributed by atoms with Gasteiger partial charge in [0.25, 0.3) is 0 Å². The first-order valence-corrected chi connectivity index (χ1v) is 2.25. The second kappa shape index (κ2) is 7.95. The van der Waals surface area contributed by atoms with Crippen molar-refractivity contribution in [1.29, 1.82) is 0 Å². The second-order valence-corrected chi connectivity index (χ2v) is 1.11. The van der Waals surface area contributed by atoms with Crippen LogP contribution < -0.4 is 29.6 Å². The molecule has 0 rings (SSSR count). The van der Waals surface area contributed by atoms with Crippen molar-refractivity contribution in [3.05, 3.63) is 25.0 Å². The van der Waals surface area contributed by atoms with E-state index in [1.165, 1.54) is 6.26 Å². The number of esters is 1. The van der Waals surface area contributed by atoms with Crippen LogP contribution in [0.25, 0.3) is 0 Å². The van der Waals surface area contributed by atoms with Crippen molar-refractivity contribution in [3.8, 4) is 0 Å². The molecule has 0 aromatic heterocycles. The van der Waals surface area contributed by atoms with Gasteiger partial charge in [0, 0.05) is 6.08 Å². The van der Waals surface area contributed by atoms with Crippen molar-refractivity contribution in [2.75, 3.05) is 0 Å². The molecule has 2 nitrogen and oxygen atoms in total. The van der Waals surface area contributed by atoms with Crippen LogP contribution in [0.2, 0.25) is 0 Å². The van der Waals surface area contributed by atoms with E-state index in [0.29, 0.717) is 0 Å². The summed E-state index contributed by atoms with van der Waals surface area (Å²) in [5.41, 5.74) is 0. The summed E-state index contributed by atoms with van der Waals surface area (Å²) >= 11 is 0. The third-order valence-electron chi connectivity index (χ3n) is 0.487. The number of carbonyl (C=O) groups excluding carboxylic acids is 1. The zero-order valence-corrected chi connectivity index (χ0v) is 7.76. The first-order valence-electron chi connectivity index (χ1n) is 2.25. The predicted molar refractivity (Wildman–Crippen MR) is 32.2 cm³/mol. The second-order valence-electron chi connectivity index (χ2n) is 1.11. The molecule has 0 atom stereocenters. The third-order valence-corrected chi connectivity index (χ3v) is 0.487. The number of ether oxygens (including phenoxy) is 1. The molecule has 0 bridgehead atoms. The maximum atomic E-state index is 10.2. The van der Waals surface area contributed by atoms with E-state index in [-0.39, 0.29) is 31.0 Å². The van der Waals surface area contributed by atoms with Gasteiger partial charge in [-0.15, -0.1) is 0 Å². The molecule has 0 aromatic rings. The minimum Gasteiger partial charge on any atom is -1.00 e. The van der Waals surface area contributed by atoms with E-state index >= 15 is 0 Å². The first-order chi connectivity index (χ1) is 3.81. The Morgan fingerprint density at radius 1 is 1.78 bits per heavy atom. The summed E-state index contributed by atoms with van der Waals surface area (Å²) in [6.45, 7) is 4.97. The fourth-order valence-electron chi connectivity index (χ4n) is 0.183. The van der Waals surface area contributed by atoms with Crippen LogP contribution in [0.1, 0.15) is 8.35 Å². The Balaban J connectivity index is -0.000000245. The average molecular weight is 136 g/mol. The van der Waals surface area contributed by atoms with Gasteiger partial charge in [0.05, 0.1) is 6.26 Å². The Labute approximate surface area is 78.4 Å². The summed E-state index contributed by atoms with van der Waals surface area (Å²) in [6.07, 6.45) is 4.05. The molecule has 0 saturated heterocycles. The van der Waals surface area contributed by atoms with Crippen LogP contribution in [-0.4, -0.2) is 5.97 Å². The standard InChI is InChI=1S/C6H8O2.Na.H/c1-3-5-8-6(7)4-2;;/h3-5H,2H2,1H3;;/q;+1;-1. The Morgan fingerprint density at radius 3 is 2.67 bits per heavy atom. The van der Waals surface area contributed by atoms with Gasteiger partial charge in [0.1, 0.15) is 0 Å². The van der Waals surface area contributed by atoms with Crippen LogP contribution in [0.5, 0.6) is 0 Å². The number of hydrogen-bond donors (Lipinski definition) is 0. The quantitative estimate of drug-likeness (QED) is 0.197. The molecule has 46 valence electrons. The van der Waals surface area contributed by atoms with E-state index in [0.717, 1.165) is 6.08 Å². The summed E-state index contributed by atoms with van der Waals surface area (Å²) in [6, 6.07) is 0. The Bertz CT molecular complexity index is 123. The third kappa shape index (κ3) is 7.95. The molecule has 0 spiro atoms. The van der Waals surface area contributed by atoms with Crippen molar-refractivity contribution in [3.63, 3.8) is 0 Å². The minimum atomic E-state index is -0.428. The molecular formula is C6H9NaO2. The van der Waals surface area contributed by atoms with E-state index in [9.17, 15) is 4.79 Å². The largest absolute Gasteiger partial charge is 1.00 e. The molecule has 0 saturated carbocycles. The molecule has 0 amide bonds. The van der Waals surface area contributed by atoms with Gasteiger partial charge in [-0.2, -0.15) is 0 Å². The fraction of sp³-hybridized carbons (Fsp3) is 0.167. The molecule has 0 aliphatic carbocycles. The molecule has 3 heteroatoms. The van der Waals surface area contributed by atoms with E-state index in [4.69, 9.17) is 0 Å². The van der Waals surface area contributed by atoms with Gasteiger partial charge in [0.15, 0.2) is 0 Å². The molecule has 0 aromatic carbocycles. The molecule has 9 heavy (non-hydrogen) atoms. The normalized spacial score (nSPS) is 8.11. The zero-order chi connectivity index (χ0) is 6.41. The summed E-state index contributed by atoms with van der Waals surface area (Å²) in [5, 5.41) is 0. The topological polar surface area (TPSA) is 26.3 Å². The van der Waals surface area contributed by atoms with Crippen LogP contribution >= 0.6 is 0 Å². The SMILES string of the molecule is C=CC(=O)OC=CC.[H-].[Na+]. The number of hydrogen-bond acceptors (Lipinski definition) is 2.